The summed E-state index contributed by atoms with van der Waals surface area (Å²) in [6, 6.07) is 19.0. The number of hydrogen-bond acceptors (Lipinski definition) is 2. The molecule has 19 heavy (non-hydrogen) atoms. The van der Waals surface area contributed by atoms with Gasteiger partial charge in [-0.3, -0.25) is 0 Å². The van der Waals surface area contributed by atoms with Gasteiger partial charge in [-0.05, 0) is 18.1 Å². The quantitative estimate of drug-likeness (QED) is 0.857. The van der Waals surface area contributed by atoms with Crippen molar-refractivity contribution in [3.05, 3.63) is 71.8 Å². The van der Waals surface area contributed by atoms with E-state index in [-0.39, 0.29) is 0 Å². The van der Waals surface area contributed by atoms with Crippen molar-refractivity contribution in [1.82, 2.24) is 0 Å². The second kappa shape index (κ2) is 3.93. The zero-order valence-corrected chi connectivity index (χ0v) is 10.5. The van der Waals surface area contributed by atoms with E-state index in [4.69, 9.17) is 4.74 Å². The molecule has 0 spiro atoms. The van der Waals surface area contributed by atoms with Crippen molar-refractivity contribution >= 4 is 5.97 Å². The van der Waals surface area contributed by atoms with Crippen LogP contribution in [0.2, 0.25) is 0 Å². The highest BCUT2D eigenvalue weighted by atomic mass is 16.7. The van der Waals surface area contributed by atoms with Crippen molar-refractivity contribution in [2.24, 2.45) is 0 Å². The van der Waals surface area contributed by atoms with E-state index in [0.29, 0.717) is 0 Å². The first-order valence-corrected chi connectivity index (χ1v) is 6.16. The highest BCUT2D eigenvalue weighted by Gasteiger charge is 2.73. The highest BCUT2D eigenvalue weighted by molar-refractivity contribution is 5.85. The second-order valence-corrected chi connectivity index (χ2v) is 4.85. The van der Waals surface area contributed by atoms with Gasteiger partial charge >= 0.3 is 5.97 Å². The van der Waals surface area contributed by atoms with Crippen LogP contribution in [-0.2, 0) is 15.1 Å². The van der Waals surface area contributed by atoms with Gasteiger partial charge in [0.05, 0.1) is 0 Å². The van der Waals surface area contributed by atoms with Gasteiger partial charge in [0, 0.05) is 0 Å². The number of carboxylic acids is 1. The van der Waals surface area contributed by atoms with E-state index in [2.05, 4.69) is 0 Å². The predicted molar refractivity (Wildman–Crippen MR) is 70.8 cm³/mol. The van der Waals surface area contributed by atoms with Gasteiger partial charge in [0.15, 0.2) is 5.60 Å². The molecule has 1 unspecified atom stereocenters. The predicted octanol–water partition coefficient (Wildman–Crippen LogP) is 2.80. The van der Waals surface area contributed by atoms with Gasteiger partial charge in [0.1, 0.15) is 0 Å². The molecule has 1 aliphatic rings. The monoisotopic (exact) mass is 254 g/mol. The van der Waals surface area contributed by atoms with Crippen LogP contribution in [0, 0.1) is 0 Å². The molecule has 2 aromatic rings. The average Bonchev–Trinajstić information content (AvgIpc) is 3.10. The Kier molecular flexibility index (Phi) is 2.47. The fraction of sp³-hybridized carbons (Fsp3) is 0.188. The fourth-order valence-corrected chi connectivity index (χ4v) is 2.66. The normalized spacial score (nSPS) is 23.8. The summed E-state index contributed by atoms with van der Waals surface area (Å²) < 4.78 is 5.73. The number of rotatable bonds is 3. The van der Waals surface area contributed by atoms with Crippen molar-refractivity contribution in [2.75, 3.05) is 0 Å². The van der Waals surface area contributed by atoms with E-state index < -0.39 is 17.2 Å². The Morgan fingerprint density at radius 1 is 0.947 bits per heavy atom. The first-order chi connectivity index (χ1) is 9.11. The largest absolute Gasteiger partial charge is 0.479 e. The number of epoxide rings is 1. The first kappa shape index (κ1) is 11.9. The van der Waals surface area contributed by atoms with Crippen LogP contribution in [0.3, 0.4) is 0 Å². The standard InChI is InChI=1S/C16H14O3/c1-15(14(17)18)16(19-15,12-8-4-2-5-9-12)13-10-6-3-7-11-13/h2-11H,1H3,(H,17,18). The van der Waals surface area contributed by atoms with E-state index >= 15 is 0 Å². The maximum atomic E-state index is 11.5. The van der Waals surface area contributed by atoms with Crippen molar-refractivity contribution in [1.29, 1.82) is 0 Å². The molecular weight excluding hydrogens is 240 g/mol. The zero-order chi connectivity index (χ0) is 13.5. The van der Waals surface area contributed by atoms with E-state index in [0.717, 1.165) is 11.1 Å². The number of ether oxygens (including phenoxy) is 1. The van der Waals surface area contributed by atoms with E-state index in [1.165, 1.54) is 0 Å². The molecule has 0 radical (unpaired) electrons. The summed E-state index contributed by atoms with van der Waals surface area (Å²) in [5.74, 6) is -0.944. The van der Waals surface area contributed by atoms with Crippen LogP contribution in [0.1, 0.15) is 18.1 Å². The minimum atomic E-state index is -1.21. The van der Waals surface area contributed by atoms with Crippen LogP contribution >= 0.6 is 0 Å². The number of benzene rings is 2. The number of hydrogen-bond donors (Lipinski definition) is 1. The summed E-state index contributed by atoms with van der Waals surface area (Å²) in [6.45, 7) is 1.62. The van der Waals surface area contributed by atoms with E-state index in [9.17, 15) is 9.90 Å². The summed E-state index contributed by atoms with van der Waals surface area (Å²) >= 11 is 0. The van der Waals surface area contributed by atoms with Gasteiger partial charge in [-0.25, -0.2) is 4.79 Å². The Morgan fingerprint density at radius 2 is 1.37 bits per heavy atom. The fourth-order valence-electron chi connectivity index (χ4n) is 2.66. The molecule has 1 aliphatic heterocycles. The van der Waals surface area contributed by atoms with Gasteiger partial charge < -0.3 is 9.84 Å². The van der Waals surface area contributed by atoms with Crippen LogP contribution < -0.4 is 0 Å². The molecule has 2 aromatic carbocycles. The van der Waals surface area contributed by atoms with Gasteiger partial charge in [0.2, 0.25) is 5.60 Å². The molecule has 3 rings (SSSR count). The molecule has 1 atom stereocenters. The molecule has 0 aromatic heterocycles. The summed E-state index contributed by atoms with van der Waals surface area (Å²) in [4.78, 5) is 11.5. The molecule has 96 valence electrons. The average molecular weight is 254 g/mol. The lowest BCUT2D eigenvalue weighted by Gasteiger charge is -2.16. The second-order valence-electron chi connectivity index (χ2n) is 4.85. The molecule has 3 heteroatoms. The molecule has 0 aliphatic carbocycles. The highest BCUT2D eigenvalue weighted by Crippen LogP contribution is 2.59. The SMILES string of the molecule is CC1(C(=O)O)OC1(c1ccccc1)c1ccccc1. The Hall–Kier alpha value is -2.13. The van der Waals surface area contributed by atoms with Crippen LogP contribution in [-0.4, -0.2) is 16.7 Å². The number of carboxylic acid groups (broad SMARTS) is 1. The Balaban J connectivity index is 2.18. The molecule has 0 bridgehead atoms. The van der Waals surface area contributed by atoms with Crippen LogP contribution in [0.4, 0.5) is 0 Å². The van der Waals surface area contributed by atoms with Crippen LogP contribution in [0.5, 0.6) is 0 Å². The number of aliphatic carboxylic acids is 1. The third-order valence-corrected chi connectivity index (χ3v) is 3.76. The first-order valence-electron chi connectivity index (χ1n) is 6.16. The zero-order valence-electron chi connectivity index (χ0n) is 10.5. The minimum absolute atomic E-state index is 0.867. The summed E-state index contributed by atoms with van der Waals surface area (Å²) in [7, 11) is 0. The molecule has 0 saturated carbocycles. The molecule has 0 amide bonds. The summed E-state index contributed by atoms with van der Waals surface area (Å²) in [5, 5.41) is 9.45. The molecule has 1 fully saturated rings. The molecule has 3 nitrogen and oxygen atoms in total. The Bertz CT molecular complexity index is 567. The van der Waals surface area contributed by atoms with Crippen molar-refractivity contribution in [3.8, 4) is 0 Å². The third kappa shape index (κ3) is 1.52. The lowest BCUT2D eigenvalue weighted by molar-refractivity contribution is -0.142. The summed E-state index contributed by atoms with van der Waals surface area (Å²) in [6.07, 6.45) is 0. The van der Waals surface area contributed by atoms with E-state index in [1.807, 2.05) is 60.7 Å². The third-order valence-electron chi connectivity index (χ3n) is 3.76. The van der Waals surface area contributed by atoms with Crippen molar-refractivity contribution in [3.63, 3.8) is 0 Å². The van der Waals surface area contributed by atoms with Crippen LogP contribution in [0.15, 0.2) is 60.7 Å². The number of carbonyl (C=O) groups is 1. The molecule has 1 saturated heterocycles. The van der Waals surface area contributed by atoms with Crippen LogP contribution in [0.25, 0.3) is 0 Å². The van der Waals surface area contributed by atoms with Crippen molar-refractivity contribution < 1.29 is 14.6 Å². The molecule has 1 N–H and O–H groups in total. The molecular formula is C16H14O3. The maximum Gasteiger partial charge on any atom is 0.339 e. The van der Waals surface area contributed by atoms with Gasteiger partial charge in [0.25, 0.3) is 0 Å². The van der Waals surface area contributed by atoms with Crippen molar-refractivity contribution in [2.45, 2.75) is 18.1 Å². The lowest BCUT2D eigenvalue weighted by Crippen LogP contribution is -2.30. The molecule has 1 heterocycles. The van der Waals surface area contributed by atoms with E-state index in [1.54, 1.807) is 6.92 Å². The smallest absolute Gasteiger partial charge is 0.339 e. The lowest BCUT2D eigenvalue weighted by atomic mass is 9.81. The minimum Gasteiger partial charge on any atom is -0.479 e. The van der Waals surface area contributed by atoms with Gasteiger partial charge in [-0.1, -0.05) is 60.7 Å². The topological polar surface area (TPSA) is 49.8 Å². The summed E-state index contributed by atoms with van der Waals surface area (Å²) in [5.41, 5.74) is -0.367. The van der Waals surface area contributed by atoms with Gasteiger partial charge in [-0.15, -0.1) is 0 Å². The maximum absolute atomic E-state index is 11.5. The van der Waals surface area contributed by atoms with Gasteiger partial charge in [-0.2, -0.15) is 0 Å². The Labute approximate surface area is 111 Å². The Morgan fingerprint density at radius 3 is 1.68 bits per heavy atom.